The smallest absolute Gasteiger partial charge is 0.139 e. The van der Waals surface area contributed by atoms with Gasteiger partial charge in [0, 0.05) is 22.7 Å². The number of aromatic nitrogens is 1. The molecule has 0 amide bonds. The van der Waals surface area contributed by atoms with E-state index in [9.17, 15) is 5.11 Å². The molecule has 1 aliphatic heterocycles. The minimum absolute atomic E-state index is 0.142. The summed E-state index contributed by atoms with van der Waals surface area (Å²) in [4.78, 5) is 6.39. The fourth-order valence-electron chi connectivity index (χ4n) is 3.09. The number of hydrogen-bond acceptors (Lipinski definition) is 6. The second kappa shape index (κ2) is 7.36. The zero-order valence-corrected chi connectivity index (χ0v) is 16.3. The van der Waals surface area contributed by atoms with Gasteiger partial charge in [-0.05, 0) is 36.4 Å². The maximum absolute atomic E-state index is 10.5. The lowest BCUT2D eigenvalue weighted by Crippen LogP contribution is -2.25. The molecule has 0 radical (unpaired) electrons. The third kappa shape index (κ3) is 3.20. The molecule has 0 unspecified atom stereocenters. The Labute approximate surface area is 166 Å². The lowest BCUT2D eigenvalue weighted by atomic mass is 10.1. The van der Waals surface area contributed by atoms with Crippen LogP contribution in [0.4, 0.5) is 5.69 Å². The van der Waals surface area contributed by atoms with Gasteiger partial charge in [-0.1, -0.05) is 6.07 Å². The minimum Gasteiger partial charge on any atom is -0.510 e. The number of methoxy groups -OCH3 is 2. The molecule has 1 aromatic heterocycles. The molecule has 3 aromatic rings. The maximum atomic E-state index is 10.5. The van der Waals surface area contributed by atoms with Crippen LogP contribution < -0.4 is 14.4 Å². The predicted molar refractivity (Wildman–Crippen MR) is 112 cm³/mol. The molecule has 0 saturated heterocycles. The number of nitrogens with one attached hydrogen (secondary N) is 1. The Morgan fingerprint density at radius 1 is 1.07 bits per heavy atom. The predicted octanol–water partition coefficient (Wildman–Crippen LogP) is 4.59. The molecule has 0 fully saturated rings. The summed E-state index contributed by atoms with van der Waals surface area (Å²) in [6.45, 7) is 0.235. The first-order chi connectivity index (χ1) is 13.6. The van der Waals surface area contributed by atoms with Crippen molar-refractivity contribution < 1.29 is 14.6 Å². The van der Waals surface area contributed by atoms with Crippen molar-refractivity contribution in [2.24, 2.45) is 0 Å². The van der Waals surface area contributed by atoms with Crippen LogP contribution in [0, 0.1) is 5.41 Å². The van der Waals surface area contributed by atoms with E-state index in [1.807, 2.05) is 53.9 Å². The van der Waals surface area contributed by atoms with E-state index in [0.717, 1.165) is 22.7 Å². The number of amidine groups is 1. The molecule has 0 saturated carbocycles. The fourth-order valence-corrected chi connectivity index (χ4v) is 3.98. The number of anilines is 1. The zero-order valence-electron chi connectivity index (χ0n) is 15.5. The quantitative estimate of drug-likeness (QED) is 0.663. The van der Waals surface area contributed by atoms with Crippen LogP contribution in [0.2, 0.25) is 0 Å². The van der Waals surface area contributed by atoms with Gasteiger partial charge in [0.05, 0.1) is 32.0 Å². The standard InChI is InChI=1S/C21H19N3O3S/c1-26-15-8-6-13(7-9-15)17-12-28-21(23-17)19-18(25)11-24(20(19)22)14-4-3-5-16(10-14)27-2/h3-10,12,22,25H,11H2,1-2H3. The molecule has 2 N–H and O–H groups in total. The highest BCUT2D eigenvalue weighted by Crippen LogP contribution is 2.35. The Hall–Kier alpha value is -3.32. The summed E-state index contributed by atoms with van der Waals surface area (Å²) < 4.78 is 10.5. The third-order valence-corrected chi connectivity index (χ3v) is 5.43. The second-order valence-corrected chi connectivity index (χ2v) is 7.08. The monoisotopic (exact) mass is 393 g/mol. The average Bonchev–Trinajstić information content (AvgIpc) is 3.32. The molecular formula is C21H19N3O3S. The maximum Gasteiger partial charge on any atom is 0.139 e. The largest absolute Gasteiger partial charge is 0.510 e. The second-order valence-electron chi connectivity index (χ2n) is 6.22. The molecule has 0 aliphatic carbocycles. The molecule has 0 atom stereocenters. The summed E-state index contributed by atoms with van der Waals surface area (Å²) in [5.41, 5.74) is 3.01. The van der Waals surface area contributed by atoms with E-state index >= 15 is 0 Å². The zero-order chi connectivity index (χ0) is 19.7. The molecule has 7 heteroatoms. The van der Waals surface area contributed by atoms with Gasteiger partial charge in [0.2, 0.25) is 0 Å². The molecule has 4 rings (SSSR count). The van der Waals surface area contributed by atoms with Gasteiger partial charge in [-0.2, -0.15) is 0 Å². The number of thiazole rings is 1. The van der Waals surface area contributed by atoms with E-state index in [0.29, 0.717) is 16.3 Å². The van der Waals surface area contributed by atoms with Crippen molar-refractivity contribution >= 4 is 28.4 Å². The Bertz CT molecular complexity index is 1060. The SMILES string of the molecule is COc1ccc(-c2csc(C3=C(O)CN(c4cccc(OC)c4)C3=N)n2)cc1. The Morgan fingerprint density at radius 2 is 1.82 bits per heavy atom. The molecular weight excluding hydrogens is 374 g/mol. The van der Waals surface area contributed by atoms with Crippen molar-refractivity contribution in [2.75, 3.05) is 25.7 Å². The van der Waals surface area contributed by atoms with Gasteiger partial charge >= 0.3 is 0 Å². The first kappa shape index (κ1) is 18.1. The molecule has 28 heavy (non-hydrogen) atoms. The highest BCUT2D eigenvalue weighted by molar-refractivity contribution is 7.11. The molecule has 142 valence electrons. The van der Waals surface area contributed by atoms with Crippen LogP contribution in [0.5, 0.6) is 11.5 Å². The summed E-state index contributed by atoms with van der Waals surface area (Å²) in [5.74, 6) is 1.85. The van der Waals surface area contributed by atoms with E-state index in [4.69, 9.17) is 14.9 Å². The van der Waals surface area contributed by atoms with E-state index in [1.165, 1.54) is 11.3 Å². The number of aliphatic hydroxyl groups excluding tert-OH is 1. The number of benzene rings is 2. The van der Waals surface area contributed by atoms with Crippen LogP contribution in [-0.2, 0) is 0 Å². The summed E-state index contributed by atoms with van der Waals surface area (Å²) in [6, 6.07) is 15.1. The lowest BCUT2D eigenvalue weighted by molar-refractivity contribution is 0.410. The topological polar surface area (TPSA) is 78.7 Å². The highest BCUT2D eigenvalue weighted by atomic mass is 32.1. The first-order valence-electron chi connectivity index (χ1n) is 8.63. The number of nitrogens with zero attached hydrogens (tertiary/aromatic N) is 2. The van der Waals surface area contributed by atoms with Crippen molar-refractivity contribution in [3.63, 3.8) is 0 Å². The average molecular weight is 393 g/mol. The van der Waals surface area contributed by atoms with Crippen LogP contribution in [0.3, 0.4) is 0 Å². The summed E-state index contributed by atoms with van der Waals surface area (Å²) in [5, 5.41) is 21.7. The minimum atomic E-state index is 0.142. The van der Waals surface area contributed by atoms with Crippen molar-refractivity contribution in [3.8, 4) is 22.8 Å². The van der Waals surface area contributed by atoms with Crippen LogP contribution in [0.1, 0.15) is 5.01 Å². The van der Waals surface area contributed by atoms with Crippen molar-refractivity contribution in [2.45, 2.75) is 0 Å². The number of rotatable bonds is 5. The Kier molecular flexibility index (Phi) is 4.75. The van der Waals surface area contributed by atoms with Gasteiger partial charge in [-0.25, -0.2) is 4.98 Å². The molecule has 2 heterocycles. The Balaban J connectivity index is 1.61. The van der Waals surface area contributed by atoms with E-state index < -0.39 is 0 Å². The van der Waals surface area contributed by atoms with E-state index in [-0.39, 0.29) is 18.1 Å². The normalized spacial score (nSPS) is 13.9. The van der Waals surface area contributed by atoms with Gasteiger partial charge < -0.3 is 19.5 Å². The summed E-state index contributed by atoms with van der Waals surface area (Å²) >= 11 is 1.41. The number of aliphatic hydroxyl groups is 1. The number of hydrogen-bond donors (Lipinski definition) is 2. The fraction of sp³-hybridized carbons (Fsp3) is 0.143. The van der Waals surface area contributed by atoms with Gasteiger partial charge in [0.1, 0.15) is 28.1 Å². The Morgan fingerprint density at radius 3 is 2.54 bits per heavy atom. The molecule has 0 spiro atoms. The van der Waals surface area contributed by atoms with Gasteiger partial charge in [0.15, 0.2) is 0 Å². The molecule has 2 aromatic carbocycles. The van der Waals surface area contributed by atoms with E-state index in [1.54, 1.807) is 19.1 Å². The van der Waals surface area contributed by atoms with E-state index in [2.05, 4.69) is 4.98 Å². The van der Waals surface area contributed by atoms with Gasteiger partial charge in [-0.3, -0.25) is 5.41 Å². The van der Waals surface area contributed by atoms with Crippen molar-refractivity contribution in [1.82, 2.24) is 4.98 Å². The van der Waals surface area contributed by atoms with Crippen LogP contribution in [-0.4, -0.2) is 36.7 Å². The van der Waals surface area contributed by atoms with Crippen LogP contribution in [0.15, 0.2) is 59.7 Å². The number of ether oxygens (including phenoxy) is 2. The summed E-state index contributed by atoms with van der Waals surface area (Å²) in [7, 11) is 3.23. The lowest BCUT2D eigenvalue weighted by Gasteiger charge is -2.19. The van der Waals surface area contributed by atoms with Gasteiger partial charge in [0.25, 0.3) is 0 Å². The van der Waals surface area contributed by atoms with Crippen LogP contribution in [0.25, 0.3) is 16.8 Å². The third-order valence-electron chi connectivity index (χ3n) is 4.57. The van der Waals surface area contributed by atoms with Crippen molar-refractivity contribution in [3.05, 3.63) is 64.7 Å². The van der Waals surface area contributed by atoms with Gasteiger partial charge in [-0.15, -0.1) is 11.3 Å². The summed E-state index contributed by atoms with van der Waals surface area (Å²) in [6.07, 6.45) is 0. The molecule has 6 nitrogen and oxygen atoms in total. The molecule has 0 bridgehead atoms. The van der Waals surface area contributed by atoms with Crippen LogP contribution >= 0.6 is 11.3 Å². The first-order valence-corrected chi connectivity index (χ1v) is 9.51. The van der Waals surface area contributed by atoms with Crippen molar-refractivity contribution in [1.29, 1.82) is 5.41 Å². The highest BCUT2D eigenvalue weighted by Gasteiger charge is 2.31. The molecule has 1 aliphatic rings.